The fraction of sp³-hybridized carbons (Fsp3) is 0.500. The van der Waals surface area contributed by atoms with Crippen molar-refractivity contribution in [1.82, 2.24) is 0 Å². The summed E-state index contributed by atoms with van der Waals surface area (Å²) >= 11 is 0. The highest BCUT2D eigenvalue weighted by Crippen LogP contribution is 2.42. The number of halogens is 1. The third kappa shape index (κ3) is 3.97. The van der Waals surface area contributed by atoms with Crippen LogP contribution in [0, 0.1) is 5.82 Å². The van der Waals surface area contributed by atoms with Crippen molar-refractivity contribution >= 4 is 18.6 Å². The van der Waals surface area contributed by atoms with Gasteiger partial charge in [-0.2, -0.15) is 0 Å². The van der Waals surface area contributed by atoms with Crippen molar-refractivity contribution in [3.63, 3.8) is 0 Å². The Hall–Kier alpha value is -2.58. The lowest BCUT2D eigenvalue weighted by atomic mass is 9.75. The van der Waals surface area contributed by atoms with Gasteiger partial charge in [-0.25, -0.2) is 4.39 Å². The summed E-state index contributed by atoms with van der Waals surface area (Å²) in [6.45, 7) is 8.39. The van der Waals surface area contributed by atoms with Gasteiger partial charge in [-0.05, 0) is 75.3 Å². The minimum Gasteiger partial charge on any atom is -0.492 e. The number of rotatable bonds is 5. The maximum atomic E-state index is 14.7. The normalized spacial score (nSPS) is 23.9. The minimum atomic E-state index is -0.617. The van der Waals surface area contributed by atoms with Crippen molar-refractivity contribution in [2.24, 2.45) is 0 Å². The fourth-order valence-corrected chi connectivity index (χ4v) is 4.94. The highest BCUT2D eigenvalue weighted by atomic mass is 19.1. The Bertz CT molecular complexity index is 1110. The summed E-state index contributed by atoms with van der Waals surface area (Å²) in [7, 11) is 0.768. The van der Waals surface area contributed by atoms with Crippen LogP contribution in [0.4, 0.5) is 4.39 Å². The van der Waals surface area contributed by atoms with E-state index in [9.17, 15) is 9.18 Å². The van der Waals surface area contributed by atoms with E-state index in [1.54, 1.807) is 6.07 Å². The largest absolute Gasteiger partial charge is 0.495 e. The lowest BCUT2D eigenvalue weighted by Gasteiger charge is -2.32. The van der Waals surface area contributed by atoms with Crippen molar-refractivity contribution in [1.29, 1.82) is 0 Å². The third-order valence-electron chi connectivity index (χ3n) is 7.58. The highest BCUT2D eigenvalue weighted by molar-refractivity contribution is 6.62. The van der Waals surface area contributed by atoms with Crippen LogP contribution in [0.1, 0.15) is 69.2 Å². The number of hydrogen-bond acceptors (Lipinski definition) is 6. The van der Waals surface area contributed by atoms with Crippen LogP contribution < -0.4 is 14.9 Å². The van der Waals surface area contributed by atoms with Crippen LogP contribution in [0.2, 0.25) is 0 Å². The van der Waals surface area contributed by atoms with Gasteiger partial charge in [0.25, 0.3) is 0 Å². The Morgan fingerprint density at radius 3 is 2.56 bits per heavy atom. The van der Waals surface area contributed by atoms with Gasteiger partial charge in [0.15, 0.2) is 0 Å². The molecule has 2 aliphatic heterocycles. The molecule has 0 bridgehead atoms. The molecule has 0 saturated carbocycles. The summed E-state index contributed by atoms with van der Waals surface area (Å²) in [6.07, 6.45) is 1.48. The van der Waals surface area contributed by atoms with E-state index in [1.165, 1.54) is 13.2 Å². The van der Waals surface area contributed by atoms with Crippen LogP contribution in [-0.4, -0.2) is 38.0 Å². The summed E-state index contributed by atoms with van der Waals surface area (Å²) in [5.74, 6) is 0.741. The first-order chi connectivity index (χ1) is 16.1. The van der Waals surface area contributed by atoms with Gasteiger partial charge in [-0.15, -0.1) is 0 Å². The van der Waals surface area contributed by atoms with E-state index >= 15 is 0 Å². The van der Waals surface area contributed by atoms with Gasteiger partial charge in [0.2, 0.25) is 0 Å². The number of methoxy groups -OCH3 is 1. The molecule has 2 aromatic carbocycles. The number of benzene rings is 2. The summed E-state index contributed by atoms with van der Waals surface area (Å²) in [6, 6.07) is 8.73. The van der Waals surface area contributed by atoms with Crippen molar-refractivity contribution in [3.8, 4) is 11.5 Å². The molecule has 0 radical (unpaired) electrons. The molecule has 1 unspecified atom stereocenters. The van der Waals surface area contributed by atoms with Crippen molar-refractivity contribution in [3.05, 3.63) is 52.8 Å². The lowest BCUT2D eigenvalue weighted by Crippen LogP contribution is -2.41. The minimum absolute atomic E-state index is 0.0275. The molecule has 2 atom stereocenters. The van der Waals surface area contributed by atoms with E-state index in [4.69, 9.17) is 23.5 Å². The second-order valence-electron chi connectivity index (χ2n) is 10.3. The van der Waals surface area contributed by atoms with E-state index in [2.05, 4.69) is 0 Å². The third-order valence-corrected chi connectivity index (χ3v) is 7.58. The molecule has 2 heterocycles. The van der Waals surface area contributed by atoms with Gasteiger partial charge >= 0.3 is 13.1 Å². The molecule has 0 spiro atoms. The number of hydrogen-bond donors (Lipinski definition) is 0. The van der Waals surface area contributed by atoms with Crippen molar-refractivity contribution in [2.45, 2.75) is 70.2 Å². The molecule has 1 aliphatic carbocycles. The van der Waals surface area contributed by atoms with Crippen molar-refractivity contribution in [2.75, 3.05) is 13.7 Å². The van der Waals surface area contributed by atoms with Gasteiger partial charge < -0.3 is 23.5 Å². The van der Waals surface area contributed by atoms with Gasteiger partial charge in [0.1, 0.15) is 23.4 Å². The predicted octanol–water partition coefficient (Wildman–Crippen LogP) is 4.23. The van der Waals surface area contributed by atoms with E-state index in [0.29, 0.717) is 18.1 Å². The summed E-state index contributed by atoms with van der Waals surface area (Å²) < 4.78 is 44.0. The molecular formula is C26H30BFO6. The van der Waals surface area contributed by atoms with Crippen LogP contribution in [-0.2, 0) is 25.3 Å². The fourth-order valence-electron chi connectivity index (χ4n) is 4.94. The zero-order valence-corrected chi connectivity index (χ0v) is 20.3. The number of fused-ring (bicyclic) bond motifs is 2. The molecule has 0 amide bonds. The average Bonchev–Trinajstić information content (AvgIpc) is 3.42. The topological polar surface area (TPSA) is 63.2 Å². The molecule has 8 heteroatoms. The summed E-state index contributed by atoms with van der Waals surface area (Å²) in [5, 5.41) is 0. The Labute approximate surface area is 199 Å². The van der Waals surface area contributed by atoms with E-state index < -0.39 is 18.3 Å². The van der Waals surface area contributed by atoms with Gasteiger partial charge in [-0.3, -0.25) is 4.79 Å². The molecule has 6 nitrogen and oxygen atoms in total. The molecule has 1 fully saturated rings. The van der Waals surface area contributed by atoms with E-state index in [-0.39, 0.29) is 30.2 Å². The van der Waals surface area contributed by atoms with Crippen LogP contribution in [0.25, 0.3) is 0 Å². The van der Waals surface area contributed by atoms with Crippen LogP contribution >= 0.6 is 0 Å². The number of ether oxygens (including phenoxy) is 3. The maximum absolute atomic E-state index is 14.7. The van der Waals surface area contributed by atoms with Gasteiger partial charge in [0, 0.05) is 17.5 Å². The standard InChI is InChI=1S/C26H30BFO6/c1-25(2)26(3,4)34-27(33-25)21-12-16(28)11-20-19(21)8-9-22(20)32-17-6-7-18-15(10-24(29)30-5)14-31-23(18)13-17/h6-7,11-13,15,22H,8-10,14H2,1-5H3/t15?,22-/m1/s1. The lowest BCUT2D eigenvalue weighted by molar-refractivity contribution is -0.141. The number of carbonyl (C=O) groups is 1. The average molecular weight is 468 g/mol. The number of carbonyl (C=O) groups excluding carboxylic acids is 1. The van der Waals surface area contributed by atoms with Crippen LogP contribution in [0.5, 0.6) is 11.5 Å². The van der Waals surface area contributed by atoms with Crippen LogP contribution in [0.15, 0.2) is 30.3 Å². The maximum Gasteiger partial charge on any atom is 0.495 e. The van der Waals surface area contributed by atoms with E-state index in [1.807, 2.05) is 45.9 Å². The Morgan fingerprint density at radius 2 is 1.85 bits per heavy atom. The van der Waals surface area contributed by atoms with Crippen molar-refractivity contribution < 1.29 is 32.7 Å². The zero-order valence-electron chi connectivity index (χ0n) is 20.3. The Kier molecular flexibility index (Phi) is 5.64. The second kappa shape index (κ2) is 8.27. The van der Waals surface area contributed by atoms with Gasteiger partial charge in [-0.1, -0.05) is 6.07 Å². The molecular weight excluding hydrogens is 438 g/mol. The molecule has 2 aromatic rings. The zero-order chi connectivity index (χ0) is 24.3. The molecule has 34 heavy (non-hydrogen) atoms. The SMILES string of the molecule is COC(=O)CC1COc2cc(O[C@@H]3CCc4c(B5OC(C)(C)C(C)(C)O5)cc(F)cc43)ccc21. The molecule has 180 valence electrons. The van der Waals surface area contributed by atoms with E-state index in [0.717, 1.165) is 35.0 Å². The molecule has 3 aliphatic rings. The smallest absolute Gasteiger partial charge is 0.492 e. The van der Waals surface area contributed by atoms with Crippen LogP contribution in [0.3, 0.4) is 0 Å². The first-order valence-electron chi connectivity index (χ1n) is 11.8. The molecule has 5 rings (SSSR count). The molecule has 0 N–H and O–H groups in total. The first kappa shape index (κ1) is 23.2. The van der Waals surface area contributed by atoms with Gasteiger partial charge in [0.05, 0.1) is 31.3 Å². The second-order valence-corrected chi connectivity index (χ2v) is 10.3. The Balaban J connectivity index is 1.37. The Morgan fingerprint density at radius 1 is 1.12 bits per heavy atom. The quantitative estimate of drug-likeness (QED) is 0.484. The summed E-state index contributed by atoms with van der Waals surface area (Å²) in [4.78, 5) is 11.7. The molecule has 0 aromatic heterocycles. The number of esters is 1. The highest BCUT2D eigenvalue weighted by Gasteiger charge is 2.52. The summed E-state index contributed by atoms with van der Waals surface area (Å²) in [5.41, 5.74) is 2.57. The monoisotopic (exact) mass is 468 g/mol. The molecule has 1 saturated heterocycles. The predicted molar refractivity (Wildman–Crippen MR) is 125 cm³/mol. The first-order valence-corrected chi connectivity index (χ1v) is 11.8.